The molecule has 0 unspecified atom stereocenters. The Balaban J connectivity index is 2.13. The second kappa shape index (κ2) is 5.88. The van der Waals surface area contributed by atoms with Crippen molar-refractivity contribution in [3.05, 3.63) is 58.1 Å². The van der Waals surface area contributed by atoms with Crippen LogP contribution in [0.2, 0.25) is 0 Å². The van der Waals surface area contributed by atoms with E-state index < -0.39 is 0 Å². The lowest BCUT2D eigenvalue weighted by atomic mass is 9.87. The zero-order valence-corrected chi connectivity index (χ0v) is 13.7. The van der Waals surface area contributed by atoms with Crippen LogP contribution < -0.4 is 10.5 Å². The lowest BCUT2D eigenvalue weighted by Gasteiger charge is -2.20. The lowest BCUT2D eigenvalue weighted by molar-refractivity contribution is 0.304. The summed E-state index contributed by atoms with van der Waals surface area (Å²) in [5.74, 6) is 0.881. The molecular formula is C17H20BrNO. The Morgan fingerprint density at radius 2 is 1.80 bits per heavy atom. The third kappa shape index (κ3) is 3.54. The van der Waals surface area contributed by atoms with Gasteiger partial charge in [0.2, 0.25) is 0 Å². The summed E-state index contributed by atoms with van der Waals surface area (Å²) in [4.78, 5) is 0. The van der Waals surface area contributed by atoms with Crippen LogP contribution in [0.3, 0.4) is 0 Å². The first kappa shape index (κ1) is 14.9. The number of nitrogens with two attached hydrogens (primary N) is 1. The van der Waals surface area contributed by atoms with Crippen molar-refractivity contribution >= 4 is 21.6 Å². The average molecular weight is 334 g/mol. The number of ether oxygens (including phenoxy) is 1. The van der Waals surface area contributed by atoms with Crippen LogP contribution in [0.1, 0.15) is 31.9 Å². The quantitative estimate of drug-likeness (QED) is 0.810. The van der Waals surface area contributed by atoms with Gasteiger partial charge in [-0.2, -0.15) is 0 Å². The lowest BCUT2D eigenvalue weighted by Crippen LogP contribution is -2.11. The molecule has 0 aromatic heterocycles. The standard InChI is InChI=1S/C17H20BrNO/c1-17(2,3)13-7-5-8-14(10-13)20-11-12-6-4-9-15(19)16(12)18/h4-10H,11,19H2,1-3H3. The molecule has 0 fully saturated rings. The maximum atomic E-state index is 5.88. The van der Waals surface area contributed by atoms with Crippen LogP contribution in [-0.2, 0) is 12.0 Å². The molecule has 2 rings (SSSR count). The molecule has 2 nitrogen and oxygen atoms in total. The second-order valence-corrected chi connectivity index (χ2v) is 6.68. The van der Waals surface area contributed by atoms with E-state index >= 15 is 0 Å². The van der Waals surface area contributed by atoms with E-state index in [0.717, 1.165) is 21.5 Å². The van der Waals surface area contributed by atoms with Crippen molar-refractivity contribution in [1.82, 2.24) is 0 Å². The van der Waals surface area contributed by atoms with Gasteiger partial charge >= 0.3 is 0 Å². The van der Waals surface area contributed by atoms with Crippen LogP contribution in [0.5, 0.6) is 5.75 Å². The molecule has 0 radical (unpaired) electrons. The molecule has 106 valence electrons. The number of nitrogen functional groups attached to an aromatic ring is 1. The van der Waals surface area contributed by atoms with Crippen molar-refractivity contribution in [2.24, 2.45) is 0 Å². The average Bonchev–Trinajstić information content (AvgIpc) is 2.40. The third-order valence-corrected chi connectivity index (χ3v) is 4.17. The molecule has 0 aliphatic heterocycles. The van der Waals surface area contributed by atoms with Gasteiger partial charge in [-0.05, 0) is 45.1 Å². The Morgan fingerprint density at radius 1 is 1.10 bits per heavy atom. The summed E-state index contributed by atoms with van der Waals surface area (Å²) in [6, 6.07) is 14.1. The molecule has 0 aliphatic rings. The van der Waals surface area contributed by atoms with Crippen molar-refractivity contribution in [3.8, 4) is 5.75 Å². The fourth-order valence-electron chi connectivity index (χ4n) is 1.92. The van der Waals surface area contributed by atoms with Crippen LogP contribution in [-0.4, -0.2) is 0 Å². The normalized spacial score (nSPS) is 11.4. The molecule has 0 amide bonds. The molecular weight excluding hydrogens is 314 g/mol. The molecule has 3 heteroatoms. The van der Waals surface area contributed by atoms with Crippen molar-refractivity contribution in [2.45, 2.75) is 32.8 Å². The second-order valence-electron chi connectivity index (χ2n) is 5.89. The van der Waals surface area contributed by atoms with Gasteiger partial charge in [-0.3, -0.25) is 0 Å². The highest BCUT2D eigenvalue weighted by atomic mass is 79.9. The number of hydrogen-bond acceptors (Lipinski definition) is 2. The SMILES string of the molecule is CC(C)(C)c1cccc(OCc2cccc(N)c2Br)c1. The number of benzene rings is 2. The summed E-state index contributed by atoms with van der Waals surface area (Å²) in [7, 11) is 0. The van der Waals surface area contributed by atoms with E-state index in [1.807, 2.05) is 30.3 Å². The Kier molecular flexibility index (Phi) is 4.39. The molecule has 0 bridgehead atoms. The van der Waals surface area contributed by atoms with Crippen molar-refractivity contribution in [1.29, 1.82) is 0 Å². The van der Waals surface area contributed by atoms with Gasteiger partial charge in [-0.15, -0.1) is 0 Å². The van der Waals surface area contributed by atoms with Crippen LogP contribution in [0.15, 0.2) is 46.9 Å². The zero-order chi connectivity index (χ0) is 14.8. The highest BCUT2D eigenvalue weighted by molar-refractivity contribution is 9.10. The van der Waals surface area contributed by atoms with E-state index in [1.165, 1.54) is 5.56 Å². The number of rotatable bonds is 3. The number of hydrogen-bond donors (Lipinski definition) is 1. The summed E-state index contributed by atoms with van der Waals surface area (Å²) in [5, 5.41) is 0. The number of anilines is 1. The summed E-state index contributed by atoms with van der Waals surface area (Å²) in [6.07, 6.45) is 0. The molecule has 0 saturated heterocycles. The van der Waals surface area contributed by atoms with Crippen LogP contribution in [0, 0.1) is 0 Å². The van der Waals surface area contributed by atoms with Crippen LogP contribution >= 0.6 is 15.9 Å². The molecule has 2 aromatic rings. The van der Waals surface area contributed by atoms with Gasteiger partial charge in [-0.1, -0.05) is 45.0 Å². The van der Waals surface area contributed by atoms with Gasteiger partial charge in [0.1, 0.15) is 12.4 Å². The molecule has 2 aromatic carbocycles. The van der Waals surface area contributed by atoms with Gasteiger partial charge in [-0.25, -0.2) is 0 Å². The maximum absolute atomic E-state index is 5.88. The third-order valence-electron chi connectivity index (χ3n) is 3.20. The molecule has 0 spiro atoms. The Labute approximate surface area is 129 Å². The smallest absolute Gasteiger partial charge is 0.120 e. The van der Waals surface area contributed by atoms with Crippen LogP contribution in [0.4, 0.5) is 5.69 Å². The Hall–Kier alpha value is -1.48. The highest BCUT2D eigenvalue weighted by Crippen LogP contribution is 2.28. The first-order valence-electron chi connectivity index (χ1n) is 6.64. The van der Waals surface area contributed by atoms with Crippen molar-refractivity contribution < 1.29 is 4.74 Å². The Bertz CT molecular complexity index is 602. The van der Waals surface area contributed by atoms with Crippen molar-refractivity contribution in [2.75, 3.05) is 5.73 Å². The minimum absolute atomic E-state index is 0.122. The molecule has 20 heavy (non-hydrogen) atoms. The first-order chi connectivity index (χ1) is 9.38. The van der Waals surface area contributed by atoms with Gasteiger partial charge < -0.3 is 10.5 Å². The predicted molar refractivity (Wildman–Crippen MR) is 88.0 cm³/mol. The number of halogens is 1. The minimum atomic E-state index is 0.122. The molecule has 0 atom stereocenters. The minimum Gasteiger partial charge on any atom is -0.489 e. The monoisotopic (exact) mass is 333 g/mol. The van der Waals surface area contributed by atoms with E-state index in [4.69, 9.17) is 10.5 Å². The Morgan fingerprint density at radius 3 is 2.50 bits per heavy atom. The zero-order valence-electron chi connectivity index (χ0n) is 12.1. The molecule has 2 N–H and O–H groups in total. The summed E-state index contributed by atoms with van der Waals surface area (Å²) < 4.78 is 6.79. The fourth-order valence-corrected chi connectivity index (χ4v) is 2.30. The van der Waals surface area contributed by atoms with E-state index in [2.05, 4.69) is 48.8 Å². The van der Waals surface area contributed by atoms with Gasteiger partial charge in [0.05, 0.1) is 0 Å². The highest BCUT2D eigenvalue weighted by Gasteiger charge is 2.14. The van der Waals surface area contributed by atoms with Crippen LogP contribution in [0.25, 0.3) is 0 Å². The summed E-state index contributed by atoms with van der Waals surface area (Å²) in [6.45, 7) is 7.08. The van der Waals surface area contributed by atoms with Gasteiger partial charge in [0.15, 0.2) is 0 Å². The van der Waals surface area contributed by atoms with E-state index in [9.17, 15) is 0 Å². The predicted octanol–water partition coefficient (Wildman–Crippen LogP) is 4.91. The van der Waals surface area contributed by atoms with E-state index in [1.54, 1.807) is 0 Å². The molecule has 0 aliphatic carbocycles. The topological polar surface area (TPSA) is 35.2 Å². The first-order valence-corrected chi connectivity index (χ1v) is 7.43. The van der Waals surface area contributed by atoms with Gasteiger partial charge in [0, 0.05) is 15.7 Å². The van der Waals surface area contributed by atoms with E-state index in [0.29, 0.717) is 6.61 Å². The summed E-state index contributed by atoms with van der Waals surface area (Å²) in [5.41, 5.74) is 9.03. The van der Waals surface area contributed by atoms with E-state index in [-0.39, 0.29) is 5.41 Å². The molecule has 0 heterocycles. The van der Waals surface area contributed by atoms with Gasteiger partial charge in [0.25, 0.3) is 0 Å². The fraction of sp³-hybridized carbons (Fsp3) is 0.294. The summed E-state index contributed by atoms with van der Waals surface area (Å²) >= 11 is 3.49. The largest absolute Gasteiger partial charge is 0.489 e. The maximum Gasteiger partial charge on any atom is 0.120 e. The molecule has 0 saturated carbocycles. The van der Waals surface area contributed by atoms with Crippen molar-refractivity contribution in [3.63, 3.8) is 0 Å².